The molecule has 7 heteroatoms. The fourth-order valence-electron chi connectivity index (χ4n) is 2.56. The van der Waals surface area contributed by atoms with Gasteiger partial charge in [0.25, 0.3) is 11.5 Å². The number of aromatic nitrogens is 2. The van der Waals surface area contributed by atoms with Crippen LogP contribution in [0.2, 0.25) is 0 Å². The van der Waals surface area contributed by atoms with Gasteiger partial charge in [-0.1, -0.05) is 13.3 Å². The average Bonchev–Trinajstić information content (AvgIpc) is 2.53. The maximum atomic E-state index is 12.4. The standard InChI is InChI=1S/C15H22N4O3/c1-2-3-8-19-13(20)5-4-12(17-19)15(22)18-9-6-11(7-10-18)14(16)21/h4-5,11H,2-3,6-10H2,1H3,(H2,16,21). The van der Waals surface area contributed by atoms with Crippen molar-refractivity contribution in [3.8, 4) is 0 Å². The Hall–Kier alpha value is -2.18. The summed E-state index contributed by atoms with van der Waals surface area (Å²) in [6.07, 6.45) is 2.95. The monoisotopic (exact) mass is 306 g/mol. The zero-order chi connectivity index (χ0) is 16.1. The molecular formula is C15H22N4O3. The van der Waals surface area contributed by atoms with Crippen molar-refractivity contribution in [1.82, 2.24) is 14.7 Å². The number of piperidine rings is 1. The van der Waals surface area contributed by atoms with Crippen molar-refractivity contribution >= 4 is 11.8 Å². The first kappa shape index (κ1) is 16.2. The molecular weight excluding hydrogens is 284 g/mol. The normalized spacial score (nSPS) is 15.8. The highest BCUT2D eigenvalue weighted by atomic mass is 16.2. The Morgan fingerprint density at radius 1 is 1.32 bits per heavy atom. The van der Waals surface area contributed by atoms with Crippen LogP contribution in [0.25, 0.3) is 0 Å². The van der Waals surface area contributed by atoms with Gasteiger partial charge in [0.15, 0.2) is 0 Å². The molecule has 1 aliphatic heterocycles. The number of nitrogens with two attached hydrogens (primary N) is 1. The molecule has 120 valence electrons. The summed E-state index contributed by atoms with van der Waals surface area (Å²) < 4.78 is 1.34. The molecule has 0 saturated carbocycles. The molecule has 1 aromatic heterocycles. The van der Waals surface area contributed by atoms with Gasteiger partial charge in [-0.3, -0.25) is 14.4 Å². The van der Waals surface area contributed by atoms with Crippen molar-refractivity contribution < 1.29 is 9.59 Å². The molecule has 1 aliphatic rings. The molecule has 0 spiro atoms. The third-order valence-corrected chi connectivity index (χ3v) is 3.99. The van der Waals surface area contributed by atoms with Crippen molar-refractivity contribution in [1.29, 1.82) is 0 Å². The van der Waals surface area contributed by atoms with Crippen LogP contribution in [0.1, 0.15) is 43.1 Å². The van der Waals surface area contributed by atoms with Gasteiger partial charge >= 0.3 is 0 Å². The Labute approximate surface area is 129 Å². The molecule has 0 bridgehead atoms. The highest BCUT2D eigenvalue weighted by Crippen LogP contribution is 2.17. The van der Waals surface area contributed by atoms with Crippen LogP contribution in [0.3, 0.4) is 0 Å². The lowest BCUT2D eigenvalue weighted by Gasteiger charge is -2.30. The van der Waals surface area contributed by atoms with Crippen LogP contribution in [-0.2, 0) is 11.3 Å². The SMILES string of the molecule is CCCCn1nc(C(=O)N2CCC(C(N)=O)CC2)ccc1=O. The number of carbonyl (C=O) groups is 2. The van der Waals surface area contributed by atoms with Gasteiger partial charge in [-0.15, -0.1) is 0 Å². The van der Waals surface area contributed by atoms with Gasteiger partial charge in [0.2, 0.25) is 5.91 Å². The molecule has 0 unspecified atom stereocenters. The van der Waals surface area contributed by atoms with Crippen molar-refractivity contribution in [3.05, 3.63) is 28.2 Å². The van der Waals surface area contributed by atoms with Crippen molar-refractivity contribution in [2.45, 2.75) is 39.2 Å². The number of carbonyl (C=O) groups excluding carboxylic acids is 2. The van der Waals surface area contributed by atoms with Crippen molar-refractivity contribution in [2.75, 3.05) is 13.1 Å². The summed E-state index contributed by atoms with van der Waals surface area (Å²) >= 11 is 0. The lowest BCUT2D eigenvalue weighted by atomic mass is 9.96. The molecule has 7 nitrogen and oxygen atoms in total. The summed E-state index contributed by atoms with van der Waals surface area (Å²) in [4.78, 5) is 37.0. The number of primary amides is 1. The summed E-state index contributed by atoms with van der Waals surface area (Å²) in [5.74, 6) is -0.665. The maximum absolute atomic E-state index is 12.4. The van der Waals surface area contributed by atoms with Gasteiger partial charge < -0.3 is 10.6 Å². The average molecular weight is 306 g/mol. The van der Waals surface area contributed by atoms with E-state index in [0.29, 0.717) is 32.5 Å². The minimum absolute atomic E-state index is 0.157. The van der Waals surface area contributed by atoms with E-state index in [1.165, 1.54) is 16.8 Å². The van der Waals surface area contributed by atoms with Crippen LogP contribution in [0.15, 0.2) is 16.9 Å². The zero-order valence-electron chi connectivity index (χ0n) is 12.8. The second-order valence-electron chi connectivity index (χ2n) is 5.60. The Kier molecular flexibility index (Phi) is 5.30. The molecule has 0 aliphatic carbocycles. The zero-order valence-corrected chi connectivity index (χ0v) is 12.8. The summed E-state index contributed by atoms with van der Waals surface area (Å²) in [6, 6.07) is 2.85. The van der Waals surface area contributed by atoms with E-state index in [9.17, 15) is 14.4 Å². The van der Waals surface area contributed by atoms with Gasteiger partial charge in [0.05, 0.1) is 0 Å². The number of likely N-dealkylation sites (tertiary alicyclic amines) is 1. The molecule has 0 atom stereocenters. The van der Waals surface area contributed by atoms with Gasteiger partial charge in [-0.05, 0) is 25.3 Å². The molecule has 2 N–H and O–H groups in total. The first-order valence-corrected chi connectivity index (χ1v) is 7.69. The number of hydrogen-bond acceptors (Lipinski definition) is 4. The van der Waals surface area contributed by atoms with E-state index in [0.717, 1.165) is 12.8 Å². The summed E-state index contributed by atoms with van der Waals surface area (Å²) in [5.41, 5.74) is 5.36. The van der Waals surface area contributed by atoms with Crippen LogP contribution in [0.5, 0.6) is 0 Å². The van der Waals surface area contributed by atoms with Crippen molar-refractivity contribution in [3.63, 3.8) is 0 Å². The number of rotatable bonds is 5. The van der Waals surface area contributed by atoms with Crippen LogP contribution in [-0.4, -0.2) is 39.6 Å². The van der Waals surface area contributed by atoms with E-state index >= 15 is 0 Å². The molecule has 2 rings (SSSR count). The fraction of sp³-hybridized carbons (Fsp3) is 0.600. The summed E-state index contributed by atoms with van der Waals surface area (Å²) in [5, 5.41) is 4.16. The first-order valence-electron chi connectivity index (χ1n) is 7.69. The Bertz CT molecular complexity index is 603. The topological polar surface area (TPSA) is 98.3 Å². The second kappa shape index (κ2) is 7.20. The number of nitrogens with zero attached hydrogens (tertiary/aromatic N) is 3. The Morgan fingerprint density at radius 3 is 2.59 bits per heavy atom. The van der Waals surface area contributed by atoms with E-state index in [1.807, 2.05) is 6.92 Å². The summed E-state index contributed by atoms with van der Waals surface area (Å²) in [7, 11) is 0. The lowest BCUT2D eigenvalue weighted by Crippen LogP contribution is -2.42. The van der Waals surface area contributed by atoms with Gasteiger partial charge in [-0.2, -0.15) is 5.10 Å². The maximum Gasteiger partial charge on any atom is 0.274 e. The smallest absolute Gasteiger partial charge is 0.274 e. The van der Waals surface area contributed by atoms with Gasteiger partial charge in [0.1, 0.15) is 5.69 Å². The molecule has 2 heterocycles. The van der Waals surface area contributed by atoms with Crippen LogP contribution < -0.4 is 11.3 Å². The van der Waals surface area contributed by atoms with E-state index in [-0.39, 0.29) is 29.0 Å². The Balaban J connectivity index is 2.07. The minimum Gasteiger partial charge on any atom is -0.369 e. The second-order valence-corrected chi connectivity index (χ2v) is 5.60. The van der Waals surface area contributed by atoms with Crippen molar-refractivity contribution in [2.24, 2.45) is 11.7 Å². The number of unbranched alkanes of at least 4 members (excludes halogenated alkanes) is 1. The number of hydrogen-bond donors (Lipinski definition) is 1. The molecule has 1 saturated heterocycles. The molecule has 2 amide bonds. The van der Waals surface area contributed by atoms with E-state index < -0.39 is 0 Å². The third kappa shape index (κ3) is 3.72. The molecule has 1 fully saturated rings. The van der Waals surface area contributed by atoms with Gasteiger partial charge in [0, 0.05) is 31.6 Å². The molecule has 22 heavy (non-hydrogen) atoms. The van der Waals surface area contributed by atoms with Crippen LogP contribution in [0.4, 0.5) is 0 Å². The van der Waals surface area contributed by atoms with Gasteiger partial charge in [-0.25, -0.2) is 4.68 Å². The molecule has 0 radical (unpaired) electrons. The predicted molar refractivity (Wildman–Crippen MR) is 81.2 cm³/mol. The predicted octanol–water partition coefficient (Wildman–Crippen LogP) is 0.381. The molecule has 0 aromatic carbocycles. The largest absolute Gasteiger partial charge is 0.369 e. The Morgan fingerprint density at radius 2 is 2.00 bits per heavy atom. The third-order valence-electron chi connectivity index (χ3n) is 3.99. The fourth-order valence-corrected chi connectivity index (χ4v) is 2.56. The first-order chi connectivity index (χ1) is 10.5. The van der Waals surface area contributed by atoms with Crippen LogP contribution in [0, 0.1) is 5.92 Å². The lowest BCUT2D eigenvalue weighted by molar-refractivity contribution is -0.123. The summed E-state index contributed by atoms with van der Waals surface area (Å²) in [6.45, 7) is 3.52. The molecule has 1 aromatic rings. The number of amides is 2. The van der Waals surface area contributed by atoms with E-state index in [2.05, 4.69) is 5.10 Å². The van der Waals surface area contributed by atoms with Crippen LogP contribution >= 0.6 is 0 Å². The highest BCUT2D eigenvalue weighted by molar-refractivity contribution is 5.92. The van der Waals surface area contributed by atoms with E-state index in [4.69, 9.17) is 5.73 Å². The highest BCUT2D eigenvalue weighted by Gasteiger charge is 2.27. The minimum atomic E-state index is -0.307. The number of aryl methyl sites for hydroxylation is 1. The van der Waals surface area contributed by atoms with E-state index in [1.54, 1.807) is 4.90 Å². The quantitative estimate of drug-likeness (QED) is 0.850.